The fourth-order valence-corrected chi connectivity index (χ4v) is 2.48. The van der Waals surface area contributed by atoms with E-state index >= 15 is 0 Å². The number of amides is 2. The molecule has 110 valence electrons. The number of hydrogen-bond donors (Lipinski definition) is 2. The van der Waals surface area contributed by atoms with Gasteiger partial charge in [-0.25, -0.2) is 0 Å². The molecule has 0 aliphatic carbocycles. The number of nitrogens with zero attached hydrogens (tertiary/aromatic N) is 1. The fraction of sp³-hybridized carbons (Fsp3) is 0.0625. The lowest BCUT2D eigenvalue weighted by molar-refractivity contribution is -0.115. The van der Waals surface area contributed by atoms with Crippen LogP contribution in [0.1, 0.15) is 15.9 Å². The summed E-state index contributed by atoms with van der Waals surface area (Å²) in [6.45, 7) is 0. The van der Waals surface area contributed by atoms with Gasteiger partial charge in [0.2, 0.25) is 5.91 Å². The van der Waals surface area contributed by atoms with Crippen molar-refractivity contribution in [3.8, 4) is 6.07 Å². The molecular weight excluding hydrogens is 298 g/mol. The number of anilines is 1. The lowest BCUT2D eigenvalue weighted by atomic mass is 10.1. The molecular formula is C16H13N3O2S. The van der Waals surface area contributed by atoms with Gasteiger partial charge < -0.3 is 11.1 Å². The van der Waals surface area contributed by atoms with Crippen LogP contribution in [0.5, 0.6) is 0 Å². The molecule has 2 aromatic rings. The van der Waals surface area contributed by atoms with Crippen LogP contribution in [0.3, 0.4) is 0 Å². The molecule has 0 saturated carbocycles. The highest BCUT2D eigenvalue weighted by atomic mass is 32.2. The molecule has 0 fully saturated rings. The quantitative estimate of drug-likeness (QED) is 0.829. The van der Waals surface area contributed by atoms with Crippen molar-refractivity contribution < 1.29 is 9.59 Å². The Morgan fingerprint density at radius 3 is 2.45 bits per heavy atom. The average Bonchev–Trinajstić information content (AvgIpc) is 2.54. The number of nitrogens with one attached hydrogen (secondary N) is 1. The van der Waals surface area contributed by atoms with Crippen molar-refractivity contribution in [1.82, 2.24) is 0 Å². The van der Waals surface area contributed by atoms with Crippen LogP contribution in [0, 0.1) is 11.3 Å². The van der Waals surface area contributed by atoms with Gasteiger partial charge in [-0.2, -0.15) is 5.26 Å². The zero-order chi connectivity index (χ0) is 15.9. The Balaban J connectivity index is 2.14. The maximum absolute atomic E-state index is 12.2. The van der Waals surface area contributed by atoms with Gasteiger partial charge in [-0.05, 0) is 36.4 Å². The third-order valence-electron chi connectivity index (χ3n) is 2.78. The maximum atomic E-state index is 12.2. The van der Waals surface area contributed by atoms with Gasteiger partial charge in [0.05, 0.1) is 23.1 Å². The summed E-state index contributed by atoms with van der Waals surface area (Å²) in [6, 6.07) is 15.5. The Bertz CT molecular complexity index is 736. The Labute approximate surface area is 132 Å². The second-order valence-electron chi connectivity index (χ2n) is 4.39. The van der Waals surface area contributed by atoms with E-state index in [1.807, 2.05) is 18.2 Å². The number of primary amides is 1. The van der Waals surface area contributed by atoms with Gasteiger partial charge in [-0.1, -0.05) is 12.1 Å². The minimum atomic E-state index is -0.418. The number of carbonyl (C=O) groups is 2. The molecule has 0 heterocycles. The second kappa shape index (κ2) is 7.29. The van der Waals surface area contributed by atoms with Crippen LogP contribution >= 0.6 is 11.8 Å². The van der Waals surface area contributed by atoms with Gasteiger partial charge in [0.1, 0.15) is 0 Å². The molecule has 0 atom stereocenters. The van der Waals surface area contributed by atoms with Crippen molar-refractivity contribution in [3.63, 3.8) is 0 Å². The molecule has 2 amide bonds. The van der Waals surface area contributed by atoms with E-state index < -0.39 is 5.91 Å². The van der Waals surface area contributed by atoms with Gasteiger partial charge in [0.15, 0.2) is 0 Å². The summed E-state index contributed by atoms with van der Waals surface area (Å²) in [5.41, 5.74) is 6.70. The Hall–Kier alpha value is -2.78. The van der Waals surface area contributed by atoms with Crippen molar-refractivity contribution in [2.45, 2.75) is 4.90 Å². The van der Waals surface area contributed by atoms with Crippen molar-refractivity contribution in [2.75, 3.05) is 11.1 Å². The first-order chi connectivity index (χ1) is 10.6. The number of benzene rings is 2. The molecule has 0 bridgehead atoms. The highest BCUT2D eigenvalue weighted by molar-refractivity contribution is 8.00. The molecule has 0 spiro atoms. The number of carbonyl (C=O) groups excluding carboxylic acids is 2. The van der Waals surface area contributed by atoms with E-state index in [-0.39, 0.29) is 11.7 Å². The summed E-state index contributed by atoms with van der Waals surface area (Å²) in [7, 11) is 0. The lowest BCUT2D eigenvalue weighted by Crippen LogP contribution is -2.14. The maximum Gasteiger partial charge on any atom is 0.255 e. The summed E-state index contributed by atoms with van der Waals surface area (Å²) in [6.07, 6.45) is 0. The van der Waals surface area contributed by atoms with Crippen LogP contribution in [0.4, 0.5) is 5.69 Å². The van der Waals surface area contributed by atoms with Gasteiger partial charge in [0, 0.05) is 10.5 Å². The number of rotatable bonds is 5. The molecule has 0 aromatic heterocycles. The lowest BCUT2D eigenvalue weighted by Gasteiger charge is -2.10. The summed E-state index contributed by atoms with van der Waals surface area (Å²) in [4.78, 5) is 23.9. The molecule has 0 aliphatic heterocycles. The zero-order valence-electron chi connectivity index (χ0n) is 11.6. The Morgan fingerprint density at radius 1 is 1.14 bits per heavy atom. The van der Waals surface area contributed by atoms with Gasteiger partial charge >= 0.3 is 0 Å². The van der Waals surface area contributed by atoms with E-state index in [1.54, 1.807) is 36.4 Å². The summed E-state index contributed by atoms with van der Waals surface area (Å²) in [5.74, 6) is -0.557. The largest absolute Gasteiger partial charge is 0.369 e. The van der Waals surface area contributed by atoms with Crippen molar-refractivity contribution in [3.05, 3.63) is 59.7 Å². The van der Waals surface area contributed by atoms with Crippen LogP contribution in [-0.2, 0) is 4.79 Å². The minimum absolute atomic E-state index is 0.143. The Kier molecular flexibility index (Phi) is 5.17. The van der Waals surface area contributed by atoms with Crippen molar-refractivity contribution in [1.29, 1.82) is 5.26 Å². The summed E-state index contributed by atoms with van der Waals surface area (Å²) >= 11 is 1.27. The highest BCUT2D eigenvalue weighted by Crippen LogP contribution is 2.27. The molecule has 2 rings (SSSR count). The third-order valence-corrected chi connectivity index (χ3v) is 3.88. The smallest absolute Gasteiger partial charge is 0.255 e. The first-order valence-corrected chi connectivity index (χ1v) is 7.40. The topological polar surface area (TPSA) is 96.0 Å². The predicted octanol–water partition coefficient (Wildman–Crippen LogP) is 2.39. The van der Waals surface area contributed by atoms with E-state index in [0.29, 0.717) is 16.8 Å². The molecule has 0 aliphatic rings. The SMILES string of the molecule is N#Cc1ccc(C(=O)Nc2ccccc2SCC(N)=O)cc1. The van der Waals surface area contributed by atoms with E-state index in [0.717, 1.165) is 4.90 Å². The Morgan fingerprint density at radius 2 is 1.82 bits per heavy atom. The van der Waals surface area contributed by atoms with Crippen LogP contribution in [0.25, 0.3) is 0 Å². The third kappa shape index (κ3) is 4.11. The molecule has 0 unspecified atom stereocenters. The first-order valence-electron chi connectivity index (χ1n) is 6.42. The van der Waals surface area contributed by atoms with Gasteiger partial charge in [-0.3, -0.25) is 9.59 Å². The van der Waals surface area contributed by atoms with Crippen LogP contribution in [0.2, 0.25) is 0 Å². The standard InChI is InChI=1S/C16H13N3O2S/c17-9-11-5-7-12(8-6-11)16(21)19-13-3-1-2-4-14(13)22-10-15(18)20/h1-8H,10H2,(H2,18,20)(H,19,21). The first kappa shape index (κ1) is 15.6. The van der Waals surface area contributed by atoms with Gasteiger partial charge in [-0.15, -0.1) is 11.8 Å². The van der Waals surface area contributed by atoms with E-state index in [4.69, 9.17) is 11.0 Å². The molecule has 6 heteroatoms. The minimum Gasteiger partial charge on any atom is -0.369 e. The number of para-hydroxylation sites is 1. The fourth-order valence-electron chi connectivity index (χ4n) is 1.74. The normalized spacial score (nSPS) is 9.77. The number of hydrogen-bond acceptors (Lipinski definition) is 4. The van der Waals surface area contributed by atoms with E-state index in [1.165, 1.54) is 11.8 Å². The summed E-state index contributed by atoms with van der Waals surface area (Å²) in [5, 5.41) is 11.5. The zero-order valence-corrected chi connectivity index (χ0v) is 12.4. The molecule has 5 nitrogen and oxygen atoms in total. The van der Waals surface area contributed by atoms with Crippen molar-refractivity contribution in [2.24, 2.45) is 5.73 Å². The van der Waals surface area contributed by atoms with Crippen LogP contribution in [-0.4, -0.2) is 17.6 Å². The molecule has 0 radical (unpaired) electrons. The monoisotopic (exact) mass is 311 g/mol. The van der Waals surface area contributed by atoms with Gasteiger partial charge in [0.25, 0.3) is 5.91 Å². The van der Waals surface area contributed by atoms with Crippen molar-refractivity contribution >= 4 is 29.3 Å². The second-order valence-corrected chi connectivity index (χ2v) is 5.41. The average molecular weight is 311 g/mol. The molecule has 0 saturated heterocycles. The van der Waals surface area contributed by atoms with Crippen LogP contribution < -0.4 is 11.1 Å². The number of nitrogens with two attached hydrogens (primary N) is 1. The van der Waals surface area contributed by atoms with E-state index in [2.05, 4.69) is 5.32 Å². The van der Waals surface area contributed by atoms with Crippen LogP contribution in [0.15, 0.2) is 53.4 Å². The predicted molar refractivity (Wildman–Crippen MR) is 85.5 cm³/mol. The molecule has 3 N–H and O–H groups in total. The van der Waals surface area contributed by atoms with E-state index in [9.17, 15) is 9.59 Å². The summed E-state index contributed by atoms with van der Waals surface area (Å²) < 4.78 is 0. The number of nitriles is 1. The molecule has 2 aromatic carbocycles. The molecule has 22 heavy (non-hydrogen) atoms. The highest BCUT2D eigenvalue weighted by Gasteiger charge is 2.10. The number of thioether (sulfide) groups is 1.